The summed E-state index contributed by atoms with van der Waals surface area (Å²) in [6.45, 7) is 18.2. The van der Waals surface area contributed by atoms with Crippen LogP contribution in [0.3, 0.4) is 0 Å². The number of ketones is 3. The lowest BCUT2D eigenvalue weighted by Gasteiger charge is -2.41. The second-order valence-electron chi connectivity index (χ2n) is 32.5. The van der Waals surface area contributed by atoms with Gasteiger partial charge in [0.1, 0.15) is 35.1 Å². The lowest BCUT2D eigenvalue weighted by Crippen LogP contribution is -2.60. The van der Waals surface area contributed by atoms with Crippen LogP contribution in [-0.2, 0) is 104 Å². The van der Waals surface area contributed by atoms with E-state index in [0.717, 1.165) is 27.3 Å². The fourth-order valence-corrected chi connectivity index (χ4v) is 16.1. The van der Waals surface area contributed by atoms with Crippen LogP contribution in [0.25, 0.3) is 11.0 Å². The molecule has 9 N–H and O–H groups in total. The smallest absolute Gasteiger partial charge is 0.410 e. The minimum atomic E-state index is -1.10. The first-order valence-electron chi connectivity index (χ1n) is 42.2. The number of likely N-dealkylation sites (N-methyl/N-ethyl adjacent to an activating group) is 2. The third kappa shape index (κ3) is 31.6. The van der Waals surface area contributed by atoms with Crippen molar-refractivity contribution >= 4 is 93.3 Å². The summed E-state index contributed by atoms with van der Waals surface area (Å²) in [5.41, 5.74) is 12.2. The molecule has 33 heteroatoms. The number of nitrogens with two attached hydrogens (primary N) is 1. The summed E-state index contributed by atoms with van der Waals surface area (Å²) >= 11 is 1.47. The zero-order chi connectivity index (χ0) is 89.0. The van der Waals surface area contributed by atoms with Crippen molar-refractivity contribution < 1.29 is 86.3 Å². The molecule has 9 amide bonds. The molecule has 121 heavy (non-hydrogen) atoms. The van der Waals surface area contributed by atoms with Crippen molar-refractivity contribution in [1.29, 1.82) is 0 Å². The Morgan fingerprint density at radius 3 is 2.01 bits per heavy atom. The van der Waals surface area contributed by atoms with Crippen molar-refractivity contribution in [3.05, 3.63) is 118 Å². The molecule has 1 saturated heterocycles. The molecule has 5 aromatic rings. The lowest BCUT2D eigenvalue weighted by atomic mass is 9.88. The van der Waals surface area contributed by atoms with Gasteiger partial charge in [0, 0.05) is 135 Å². The number of nitrogens with zero attached hydrogens (tertiary/aromatic N) is 7. The van der Waals surface area contributed by atoms with E-state index in [-0.39, 0.29) is 157 Å². The summed E-state index contributed by atoms with van der Waals surface area (Å²) in [5, 5.41) is 29.2. The topological polar surface area (TPSA) is 413 Å². The Morgan fingerprint density at radius 1 is 0.686 bits per heavy atom. The highest BCUT2D eigenvalue weighted by Crippen LogP contribution is 2.32. The largest absolute Gasteiger partial charge is 0.481 e. The number of urea groups is 1. The number of Topliss-reactive ketones (excluding diaryl/α,β-unsaturated/α-hetero) is 3. The average molecular weight is 1710 g/mol. The van der Waals surface area contributed by atoms with Crippen molar-refractivity contribution in [3.63, 3.8) is 0 Å². The highest BCUT2D eigenvalue weighted by atomic mass is 32.1. The van der Waals surface area contributed by atoms with E-state index in [0.29, 0.717) is 56.3 Å². The number of hydrogen-bond acceptors (Lipinski definition) is 22. The highest BCUT2D eigenvalue weighted by molar-refractivity contribution is 7.09. The minimum absolute atomic E-state index is 0.00589. The van der Waals surface area contributed by atoms with Crippen LogP contribution in [0.5, 0.6) is 0 Å². The molecule has 0 aliphatic carbocycles. The van der Waals surface area contributed by atoms with Crippen molar-refractivity contribution in [1.82, 2.24) is 66.3 Å². The SMILES string of the molecule is CC[C@H](C)[C@@H]([C@@H](CC(=O)N1CCC[C@H]1[C@H](OC)[C@@H](C)C(=O)N[C@@H](Cc1ccccc1)c1nccs1)OC)N(C)C(=O)[C@@H](NC(=O)[C@H](C(C)C)N(C)C(=O)OCc1ccc(CC(=O)[C@H](CCCNC(N)=O)NC(=O)[C@@H](CC(=O)CCOCCOCCCC(=O)[C@H](CCC(=O)O)NC(=O)CCn2c(CN(C)NC)cc3cccnc32)C(C)C)cc1)C(C)C. The van der Waals surface area contributed by atoms with Crippen LogP contribution in [0, 0.1) is 35.5 Å². The predicted octanol–water partition coefficient (Wildman–Crippen LogP) is 8.30. The number of thiazole rings is 1. The van der Waals surface area contributed by atoms with E-state index in [1.54, 1.807) is 95.4 Å². The zero-order valence-corrected chi connectivity index (χ0v) is 74.1. The number of aliphatic carboxylic acids is 1. The molecule has 3 aromatic heterocycles. The number of aromatic nitrogens is 3. The molecule has 32 nitrogen and oxygen atoms in total. The van der Waals surface area contributed by atoms with Crippen LogP contribution >= 0.6 is 11.3 Å². The van der Waals surface area contributed by atoms with Gasteiger partial charge in [-0.15, -0.1) is 11.3 Å². The Hall–Kier alpha value is -9.64. The van der Waals surface area contributed by atoms with Gasteiger partial charge in [-0.05, 0) is 111 Å². The third-order valence-electron chi connectivity index (χ3n) is 22.5. The number of hydrogen-bond donors (Lipinski definition) is 8. The van der Waals surface area contributed by atoms with Gasteiger partial charge >= 0.3 is 18.1 Å². The van der Waals surface area contributed by atoms with E-state index in [1.165, 1.54) is 30.4 Å². The summed E-state index contributed by atoms with van der Waals surface area (Å²) in [4.78, 5) is 177. The summed E-state index contributed by atoms with van der Waals surface area (Å²) in [6, 6.07) is 16.1. The lowest BCUT2D eigenvalue weighted by molar-refractivity contribution is -0.148. The van der Waals surface area contributed by atoms with Gasteiger partial charge in [0.2, 0.25) is 35.4 Å². The number of carbonyl (C=O) groups excluding carboxylic acids is 11. The Labute approximate surface area is 716 Å². The summed E-state index contributed by atoms with van der Waals surface area (Å²) in [7, 11) is 9.86. The van der Waals surface area contributed by atoms with Crippen LogP contribution in [0.2, 0.25) is 0 Å². The summed E-state index contributed by atoms with van der Waals surface area (Å²) in [5.74, 6) is -7.16. The van der Waals surface area contributed by atoms with Crippen LogP contribution in [-0.4, -0.2) is 241 Å². The summed E-state index contributed by atoms with van der Waals surface area (Å²) < 4.78 is 31.3. The van der Waals surface area contributed by atoms with E-state index >= 15 is 0 Å². The molecule has 12 atom stereocenters. The molecular weight excluding hydrogens is 1570 g/mol. The molecule has 1 aliphatic heterocycles. The van der Waals surface area contributed by atoms with Crippen LogP contribution in [0.4, 0.5) is 9.59 Å². The minimum Gasteiger partial charge on any atom is -0.481 e. The Morgan fingerprint density at radius 2 is 1.38 bits per heavy atom. The standard InChI is InChI=1S/C88H132N14O18S/c1-16-58(8)79(73(116-14)52-75(107)102-41-22-28-70(102)80(117-15)59(9)82(110)96-69(85-92-40-47-121-85)48-60-24-18-17-19-25-60)99(12)86(113)77(56(4)5)97-84(112)78(57(6)7)100(13)88(115)120-54-62-32-30-61(31-33-62)49-72(105)67(27-21-39-93-87(89)114)95-83(111)66(55(2)3)51-65(103)37-44-119-46-45-118-43-23-29-71(104)68(34-35-76(108)109)94-74(106)36-42-101-64(53-98(11)90-10)50-63-26-20-38-91-81(63)101/h17-20,24-26,30-33,38,40,47,50,55-59,66-70,73,77-80,90H,16,21-23,27-29,34-37,39,41-46,48-49,51-54H2,1-15H3,(H,94,106)(H,95,111)(H,96,110)(H,97,112)(H,108,109)(H3,89,93,114)/t58-,59+,66-,67-,68-,69-,70-,73+,77-,78-,79-,80+/m0/s1. The molecule has 6 rings (SSSR count). The number of aryl methyl sites for hydroxylation is 1. The van der Waals surface area contributed by atoms with Crippen molar-refractivity contribution in [2.24, 2.45) is 41.2 Å². The second kappa shape index (κ2) is 51.3. The zero-order valence-electron chi connectivity index (χ0n) is 73.3. The Bertz CT molecular complexity index is 4130. The van der Waals surface area contributed by atoms with E-state index < -0.39 is 114 Å². The van der Waals surface area contributed by atoms with Gasteiger partial charge in [0.05, 0.1) is 81.1 Å². The van der Waals surface area contributed by atoms with E-state index in [1.807, 2.05) is 105 Å². The fourth-order valence-electron chi connectivity index (χ4n) is 15.4. The molecule has 2 aromatic carbocycles. The summed E-state index contributed by atoms with van der Waals surface area (Å²) in [6.07, 6.45) is 3.69. The Balaban J connectivity index is 0.963. The maximum atomic E-state index is 15.0. The molecular formula is C88H132N14O18S. The van der Waals surface area contributed by atoms with Crippen molar-refractivity contribution in [2.75, 3.05) is 81.9 Å². The number of hydrazine groups is 1. The first kappa shape index (κ1) is 100. The van der Waals surface area contributed by atoms with Gasteiger partial charge in [-0.2, -0.15) is 0 Å². The van der Waals surface area contributed by atoms with E-state index in [2.05, 4.69) is 42.0 Å². The van der Waals surface area contributed by atoms with E-state index in [9.17, 15) is 62.6 Å². The number of nitrogens with one attached hydrogen (secondary N) is 6. The number of pyridine rings is 1. The molecule has 0 spiro atoms. The number of rotatable bonds is 56. The van der Waals surface area contributed by atoms with Crippen molar-refractivity contribution in [3.8, 4) is 0 Å². The number of methoxy groups -OCH3 is 2. The molecule has 0 saturated carbocycles. The normalized spacial score (nSPS) is 15.6. The Kier molecular flexibility index (Phi) is 42.5. The van der Waals surface area contributed by atoms with Gasteiger partial charge in [0.15, 0.2) is 11.6 Å². The predicted molar refractivity (Wildman–Crippen MR) is 459 cm³/mol. The van der Waals surface area contributed by atoms with Gasteiger partial charge < -0.3 is 75.5 Å². The first-order valence-corrected chi connectivity index (χ1v) is 43.1. The van der Waals surface area contributed by atoms with Crippen LogP contribution in [0.1, 0.15) is 179 Å². The molecule has 1 fully saturated rings. The van der Waals surface area contributed by atoms with E-state index in [4.69, 9.17) is 29.4 Å². The van der Waals surface area contributed by atoms with Gasteiger partial charge in [-0.3, -0.25) is 58.3 Å². The number of carboxylic acids is 1. The average Bonchev–Trinajstić information content (AvgIpc) is 1.59. The van der Waals surface area contributed by atoms with Crippen molar-refractivity contribution in [2.45, 2.75) is 233 Å². The molecule has 668 valence electrons. The monoisotopic (exact) mass is 1700 g/mol. The van der Waals surface area contributed by atoms with Crippen LogP contribution in [0.15, 0.2) is 90.6 Å². The number of fused-ring (bicyclic) bond motifs is 1. The maximum Gasteiger partial charge on any atom is 0.410 e. The number of carbonyl (C=O) groups is 12. The number of primary amides is 1. The van der Waals surface area contributed by atoms with Gasteiger partial charge in [-0.1, -0.05) is 123 Å². The maximum absolute atomic E-state index is 15.0. The number of benzene rings is 2. The third-order valence-corrected chi connectivity index (χ3v) is 23.4. The first-order chi connectivity index (χ1) is 57.7. The number of carboxylic acid groups (broad SMARTS) is 1. The molecule has 0 unspecified atom stereocenters. The fraction of sp³-hybridized carbons (Fsp3) is 0.614. The van der Waals surface area contributed by atoms with Gasteiger partial charge in [0.25, 0.3) is 0 Å². The number of amides is 9. The molecule has 0 bridgehead atoms. The highest BCUT2D eigenvalue weighted by Gasteiger charge is 2.44. The number of likely N-dealkylation sites (tertiary alicyclic amines) is 1. The second-order valence-corrected chi connectivity index (χ2v) is 33.4. The quantitative estimate of drug-likeness (QED) is 0.0134. The van der Waals surface area contributed by atoms with Crippen LogP contribution < -0.4 is 37.7 Å². The molecule has 0 radical (unpaired) electrons. The number of ether oxygens (including phenoxy) is 5. The van der Waals surface area contributed by atoms with Gasteiger partial charge in [-0.25, -0.2) is 24.6 Å². The molecule has 1 aliphatic rings. The molecule has 4 heterocycles.